The molecule has 0 saturated heterocycles. The average Bonchev–Trinajstić information content (AvgIpc) is 2.52. The third kappa shape index (κ3) is 3.98. The lowest BCUT2D eigenvalue weighted by Crippen LogP contribution is -3.07. The highest BCUT2D eigenvalue weighted by atomic mass is 32.1. The number of hydrogen-bond donors (Lipinski definition) is 1. The number of methoxy groups -OCH3 is 1. The Morgan fingerprint density at radius 2 is 1.91 bits per heavy atom. The van der Waals surface area contributed by atoms with Gasteiger partial charge in [0.2, 0.25) is 0 Å². The molecule has 120 valence electrons. The summed E-state index contributed by atoms with van der Waals surface area (Å²) < 4.78 is 7.85. The maximum Gasteiger partial charge on any atom is 0.157 e. The monoisotopic (exact) mass is 328 g/mol. The summed E-state index contributed by atoms with van der Waals surface area (Å²) in [6.07, 6.45) is 0. The third-order valence-electron chi connectivity index (χ3n) is 3.91. The molecule has 1 N–H and O–H groups in total. The first-order chi connectivity index (χ1) is 11.0. The SMILES string of the molecule is COc1ccc(C[NH+](C)Cn2c(C)cc(C)c(C#N)c2=S)cc1. The van der Waals surface area contributed by atoms with Gasteiger partial charge in [-0.25, -0.2) is 0 Å². The van der Waals surface area contributed by atoms with Gasteiger partial charge in [0.15, 0.2) is 6.67 Å². The van der Waals surface area contributed by atoms with Gasteiger partial charge >= 0.3 is 0 Å². The second-order valence-corrected chi connectivity index (χ2v) is 6.22. The van der Waals surface area contributed by atoms with Crippen molar-refractivity contribution in [1.82, 2.24) is 4.57 Å². The Bertz CT molecular complexity index is 788. The molecule has 1 aromatic carbocycles. The molecule has 0 saturated carbocycles. The van der Waals surface area contributed by atoms with Crippen LogP contribution in [0.25, 0.3) is 0 Å². The molecule has 4 nitrogen and oxygen atoms in total. The largest absolute Gasteiger partial charge is 0.497 e. The molecule has 23 heavy (non-hydrogen) atoms. The van der Waals surface area contributed by atoms with Gasteiger partial charge in [0.1, 0.15) is 23.0 Å². The fraction of sp³-hybridized carbons (Fsp3) is 0.333. The van der Waals surface area contributed by atoms with Gasteiger partial charge in [-0.2, -0.15) is 5.26 Å². The van der Waals surface area contributed by atoms with Gasteiger partial charge in [-0.15, -0.1) is 0 Å². The Labute approximate surface area is 142 Å². The Hall–Kier alpha value is -2.16. The van der Waals surface area contributed by atoms with Crippen LogP contribution in [-0.2, 0) is 13.2 Å². The minimum absolute atomic E-state index is 0.600. The first-order valence-corrected chi connectivity index (χ1v) is 7.92. The van der Waals surface area contributed by atoms with Crippen LogP contribution >= 0.6 is 12.2 Å². The number of nitrogens with zero attached hydrogens (tertiary/aromatic N) is 2. The van der Waals surface area contributed by atoms with E-state index in [1.807, 2.05) is 36.6 Å². The van der Waals surface area contributed by atoms with Gasteiger partial charge in [0.25, 0.3) is 0 Å². The van der Waals surface area contributed by atoms with Gasteiger partial charge in [-0.3, -0.25) is 4.57 Å². The van der Waals surface area contributed by atoms with Gasteiger partial charge in [0, 0.05) is 11.3 Å². The van der Waals surface area contributed by atoms with E-state index >= 15 is 0 Å². The molecule has 2 rings (SSSR count). The topological polar surface area (TPSA) is 42.4 Å². The second kappa shape index (κ2) is 7.40. The van der Waals surface area contributed by atoms with Crippen LogP contribution in [0.4, 0.5) is 0 Å². The number of rotatable bonds is 5. The molecule has 1 unspecified atom stereocenters. The van der Waals surface area contributed by atoms with Crippen molar-refractivity contribution in [3.05, 3.63) is 57.4 Å². The van der Waals surface area contributed by atoms with E-state index in [1.54, 1.807) is 7.11 Å². The van der Waals surface area contributed by atoms with E-state index in [9.17, 15) is 5.26 Å². The summed E-state index contributed by atoms with van der Waals surface area (Å²) in [5.74, 6) is 0.863. The summed E-state index contributed by atoms with van der Waals surface area (Å²) >= 11 is 5.49. The van der Waals surface area contributed by atoms with E-state index in [0.29, 0.717) is 10.2 Å². The molecular formula is C18H22N3OS+. The zero-order valence-corrected chi connectivity index (χ0v) is 14.8. The lowest BCUT2D eigenvalue weighted by molar-refractivity contribution is -0.917. The second-order valence-electron chi connectivity index (χ2n) is 5.83. The van der Waals surface area contributed by atoms with Crippen molar-refractivity contribution in [1.29, 1.82) is 5.26 Å². The highest BCUT2D eigenvalue weighted by molar-refractivity contribution is 7.71. The fourth-order valence-corrected chi connectivity index (χ4v) is 3.09. The summed E-state index contributed by atoms with van der Waals surface area (Å²) in [5.41, 5.74) is 3.86. The van der Waals surface area contributed by atoms with Crippen molar-refractivity contribution >= 4 is 12.2 Å². The molecule has 1 atom stereocenters. The Balaban J connectivity index is 2.18. The predicted octanol–water partition coefficient (Wildman–Crippen LogP) is 2.39. The first kappa shape index (κ1) is 17.2. The summed E-state index contributed by atoms with van der Waals surface area (Å²) in [5, 5.41) is 9.28. The van der Waals surface area contributed by atoms with Gasteiger partial charge in [-0.1, -0.05) is 12.2 Å². The van der Waals surface area contributed by atoms with Crippen LogP contribution in [0.2, 0.25) is 0 Å². The molecule has 0 aliphatic carbocycles. The standard InChI is InChI=1S/C18H21N3OS/c1-13-9-14(2)21(18(23)17(13)10-19)12-20(3)11-15-5-7-16(22-4)8-6-15/h5-9H,11-12H2,1-4H3/p+1. The van der Waals surface area contributed by atoms with E-state index in [2.05, 4.69) is 25.2 Å². The average molecular weight is 328 g/mol. The normalized spacial score (nSPS) is 11.8. The van der Waals surface area contributed by atoms with Crippen LogP contribution in [0.5, 0.6) is 5.75 Å². The van der Waals surface area contributed by atoms with Gasteiger partial charge < -0.3 is 9.64 Å². The number of aromatic nitrogens is 1. The van der Waals surface area contributed by atoms with E-state index in [-0.39, 0.29) is 0 Å². The van der Waals surface area contributed by atoms with Crippen molar-refractivity contribution < 1.29 is 9.64 Å². The number of hydrogen-bond acceptors (Lipinski definition) is 3. The number of nitriles is 1. The molecule has 0 spiro atoms. The van der Waals surface area contributed by atoms with Crippen LogP contribution in [0, 0.1) is 29.8 Å². The minimum atomic E-state index is 0.600. The Kier molecular flexibility index (Phi) is 5.54. The molecule has 0 aliphatic rings. The summed E-state index contributed by atoms with van der Waals surface area (Å²) in [4.78, 5) is 1.29. The number of nitrogens with one attached hydrogen (secondary N) is 1. The number of benzene rings is 1. The smallest absolute Gasteiger partial charge is 0.157 e. The fourth-order valence-electron chi connectivity index (χ4n) is 2.68. The van der Waals surface area contributed by atoms with Gasteiger partial charge in [0.05, 0.1) is 19.7 Å². The molecule has 0 amide bonds. The minimum Gasteiger partial charge on any atom is -0.497 e. The number of quaternary nitrogens is 1. The van der Waals surface area contributed by atoms with Crippen LogP contribution in [0.3, 0.4) is 0 Å². The molecule has 0 radical (unpaired) electrons. The lowest BCUT2D eigenvalue weighted by atomic mass is 10.1. The van der Waals surface area contributed by atoms with Crippen molar-refractivity contribution in [3.8, 4) is 11.8 Å². The number of pyridine rings is 1. The molecule has 0 fully saturated rings. The van der Waals surface area contributed by atoms with Crippen molar-refractivity contribution in [2.45, 2.75) is 27.1 Å². The zero-order chi connectivity index (χ0) is 17.0. The maximum absolute atomic E-state index is 9.28. The molecule has 2 aromatic rings. The zero-order valence-electron chi connectivity index (χ0n) is 14.0. The number of aryl methyl sites for hydroxylation is 2. The summed E-state index contributed by atoms with van der Waals surface area (Å²) in [7, 11) is 3.79. The van der Waals surface area contributed by atoms with Gasteiger partial charge in [-0.05, 0) is 49.7 Å². The number of ether oxygens (including phenoxy) is 1. The van der Waals surface area contributed by atoms with E-state index in [1.165, 1.54) is 10.5 Å². The third-order valence-corrected chi connectivity index (χ3v) is 4.33. The quantitative estimate of drug-likeness (QED) is 0.857. The van der Waals surface area contributed by atoms with Crippen LogP contribution < -0.4 is 9.64 Å². The molecule has 1 heterocycles. The molecule has 0 aliphatic heterocycles. The van der Waals surface area contributed by atoms with E-state index in [0.717, 1.165) is 30.2 Å². The summed E-state index contributed by atoms with van der Waals surface area (Å²) in [6, 6.07) is 12.3. The Morgan fingerprint density at radius 1 is 1.26 bits per heavy atom. The van der Waals surface area contributed by atoms with Crippen molar-refractivity contribution in [2.75, 3.05) is 14.2 Å². The first-order valence-electron chi connectivity index (χ1n) is 7.51. The predicted molar refractivity (Wildman–Crippen MR) is 93.0 cm³/mol. The highest BCUT2D eigenvalue weighted by Crippen LogP contribution is 2.13. The molecule has 5 heteroatoms. The maximum atomic E-state index is 9.28. The molecular weight excluding hydrogens is 306 g/mol. The van der Waals surface area contributed by atoms with Crippen LogP contribution in [0.1, 0.15) is 22.4 Å². The lowest BCUT2D eigenvalue weighted by Gasteiger charge is -2.19. The van der Waals surface area contributed by atoms with Crippen molar-refractivity contribution in [3.63, 3.8) is 0 Å². The molecule has 1 aromatic heterocycles. The summed E-state index contributed by atoms with van der Waals surface area (Å²) in [6.45, 7) is 5.57. The van der Waals surface area contributed by atoms with E-state index < -0.39 is 0 Å². The Morgan fingerprint density at radius 3 is 2.48 bits per heavy atom. The van der Waals surface area contributed by atoms with E-state index in [4.69, 9.17) is 17.0 Å². The highest BCUT2D eigenvalue weighted by Gasteiger charge is 2.11. The molecule has 0 bridgehead atoms. The van der Waals surface area contributed by atoms with Crippen LogP contribution in [-0.4, -0.2) is 18.7 Å². The van der Waals surface area contributed by atoms with Crippen molar-refractivity contribution in [2.24, 2.45) is 0 Å². The van der Waals surface area contributed by atoms with Crippen LogP contribution in [0.15, 0.2) is 30.3 Å².